The molecule has 12 heteroatoms. The number of aromatic amines is 1. The van der Waals surface area contributed by atoms with E-state index in [1.54, 1.807) is 12.1 Å². The number of benzene rings is 4. The zero-order valence-corrected chi connectivity index (χ0v) is 31.7. The molecule has 1 aromatic heterocycles. The molecule has 3 atom stereocenters. The highest BCUT2D eigenvalue weighted by atomic mass is 16.7. The maximum Gasteiger partial charge on any atom is 0.326 e. The maximum absolute atomic E-state index is 12.9. The Labute approximate surface area is 327 Å². The van der Waals surface area contributed by atoms with Gasteiger partial charge in [0.1, 0.15) is 0 Å². The summed E-state index contributed by atoms with van der Waals surface area (Å²) in [5, 5.41) is 15.5. The number of imidazole rings is 1. The highest BCUT2D eigenvalue weighted by Crippen LogP contribution is 2.39. The van der Waals surface area contributed by atoms with Crippen LogP contribution in [0.15, 0.2) is 102 Å². The van der Waals surface area contributed by atoms with Crippen LogP contribution in [-0.4, -0.2) is 57.1 Å². The van der Waals surface area contributed by atoms with Crippen molar-refractivity contribution in [2.45, 2.75) is 88.9 Å². The van der Waals surface area contributed by atoms with E-state index in [1.807, 2.05) is 89.5 Å². The number of carbonyl (C=O) groups excluding carboxylic acids is 2. The van der Waals surface area contributed by atoms with E-state index in [4.69, 9.17) is 15.2 Å². The van der Waals surface area contributed by atoms with Crippen LogP contribution >= 0.6 is 0 Å². The smallest absolute Gasteiger partial charge is 0.326 e. The lowest BCUT2D eigenvalue weighted by molar-refractivity contribution is -0.253. The van der Waals surface area contributed by atoms with E-state index in [2.05, 4.69) is 20.5 Å². The number of hydrogen-bond donors (Lipinski definition) is 5. The summed E-state index contributed by atoms with van der Waals surface area (Å²) >= 11 is 0. The van der Waals surface area contributed by atoms with Crippen molar-refractivity contribution in [1.29, 1.82) is 0 Å². The number of fused-ring (bicyclic) bond motifs is 1. The van der Waals surface area contributed by atoms with Gasteiger partial charge in [-0.1, -0.05) is 73.5 Å². The van der Waals surface area contributed by atoms with Crippen LogP contribution in [0.2, 0.25) is 0 Å². The lowest BCUT2D eigenvalue weighted by atomic mass is 9.98. The van der Waals surface area contributed by atoms with Gasteiger partial charge in [0.2, 0.25) is 11.8 Å². The van der Waals surface area contributed by atoms with E-state index in [-0.39, 0.29) is 42.4 Å². The predicted molar refractivity (Wildman–Crippen MR) is 218 cm³/mol. The number of aromatic nitrogens is 2. The molecule has 0 aliphatic carbocycles. The van der Waals surface area contributed by atoms with Crippen molar-refractivity contribution in [3.63, 3.8) is 0 Å². The van der Waals surface area contributed by atoms with Gasteiger partial charge >= 0.3 is 5.69 Å². The number of para-hydroxylation sites is 4. The van der Waals surface area contributed by atoms with Gasteiger partial charge in [-0.15, -0.1) is 0 Å². The zero-order chi connectivity index (χ0) is 38.9. The molecule has 6 N–H and O–H groups in total. The summed E-state index contributed by atoms with van der Waals surface area (Å²) in [4.78, 5) is 43.5. The molecule has 12 nitrogen and oxygen atoms in total. The Morgan fingerprint density at radius 1 is 0.804 bits per heavy atom. The second-order valence-electron chi connectivity index (χ2n) is 14.9. The van der Waals surface area contributed by atoms with Gasteiger partial charge in [-0.25, -0.2) is 4.79 Å². The van der Waals surface area contributed by atoms with E-state index >= 15 is 0 Å². The SMILES string of the molecule is Nc1ccccc1NC(=O)CCCCCCC(=O)Nc1cccc([C@H]2O[C@@H](CN3CCC(n4c(=O)[nH]c5ccccc54)CC3)C[C@@H](c3ccc(CO)cc3)O2)c1. The summed E-state index contributed by atoms with van der Waals surface area (Å²) in [5.74, 6) is -0.132. The number of nitrogen functional groups attached to an aromatic ring is 1. The number of nitrogens with zero attached hydrogens (tertiary/aromatic N) is 2. The normalized spacial score (nSPS) is 19.2. The first-order valence-corrected chi connectivity index (χ1v) is 19.8. The number of carbonyl (C=O) groups is 2. The standard InChI is InChI=1S/C44H52N6O6/c45-36-12-5-6-13-37(36)47-42(53)17-4-2-1-3-16-41(52)46-33-11-9-10-32(26-33)43-55-35(27-40(56-43)31-20-18-30(29-51)19-21-31)28-49-24-22-34(23-25-49)50-39-15-8-7-14-38(39)48-44(50)54/h5-15,18-21,26,34-35,40,43,51H,1-4,16-17,22-25,27-29,45H2,(H,46,52)(H,47,53)(H,48,54)/t35-,40+,43+/m1/s1. The van der Waals surface area contributed by atoms with Crippen LogP contribution in [0.4, 0.5) is 17.1 Å². The summed E-state index contributed by atoms with van der Waals surface area (Å²) in [6, 6.07) is 30.7. The molecule has 4 aromatic carbocycles. The molecule has 5 aromatic rings. The number of aliphatic hydroxyl groups is 1. The molecule has 2 aliphatic rings. The van der Waals surface area contributed by atoms with Crippen LogP contribution in [0.5, 0.6) is 0 Å². The summed E-state index contributed by atoms with van der Waals surface area (Å²) in [6.45, 7) is 2.39. The number of aliphatic hydroxyl groups excluding tert-OH is 1. The molecule has 7 rings (SSSR count). The van der Waals surface area contributed by atoms with E-state index < -0.39 is 6.29 Å². The molecule has 2 saturated heterocycles. The average Bonchev–Trinajstić information content (AvgIpc) is 3.56. The molecule has 2 fully saturated rings. The van der Waals surface area contributed by atoms with Crippen molar-refractivity contribution in [3.8, 4) is 0 Å². The Kier molecular flexibility index (Phi) is 12.9. The van der Waals surface area contributed by atoms with Gasteiger partial charge in [0.15, 0.2) is 6.29 Å². The van der Waals surface area contributed by atoms with Gasteiger partial charge in [0, 0.05) is 56.2 Å². The molecule has 0 unspecified atom stereocenters. The molecule has 0 bridgehead atoms. The van der Waals surface area contributed by atoms with Crippen molar-refractivity contribution in [2.75, 3.05) is 36.0 Å². The number of H-pyrrole nitrogens is 1. The van der Waals surface area contributed by atoms with Gasteiger partial charge in [-0.2, -0.15) is 0 Å². The lowest BCUT2D eigenvalue weighted by Crippen LogP contribution is -2.43. The number of amides is 2. The molecule has 0 radical (unpaired) electrons. The maximum atomic E-state index is 12.9. The topological polar surface area (TPSA) is 164 Å². The molecule has 294 valence electrons. The number of nitrogens with one attached hydrogen (secondary N) is 3. The highest BCUT2D eigenvalue weighted by molar-refractivity contribution is 5.93. The number of nitrogens with two attached hydrogens (primary N) is 1. The summed E-state index contributed by atoms with van der Waals surface area (Å²) in [7, 11) is 0. The van der Waals surface area contributed by atoms with Crippen molar-refractivity contribution < 1.29 is 24.2 Å². The molecule has 56 heavy (non-hydrogen) atoms. The third-order valence-corrected chi connectivity index (χ3v) is 10.9. The van der Waals surface area contributed by atoms with Crippen LogP contribution in [-0.2, 0) is 25.7 Å². The number of hydrogen-bond acceptors (Lipinski definition) is 8. The van der Waals surface area contributed by atoms with Gasteiger partial charge < -0.3 is 40.8 Å². The van der Waals surface area contributed by atoms with Gasteiger partial charge in [0.05, 0.1) is 41.2 Å². The minimum absolute atomic E-state index is 0.0243. The monoisotopic (exact) mass is 760 g/mol. The fourth-order valence-corrected chi connectivity index (χ4v) is 7.85. The minimum Gasteiger partial charge on any atom is -0.397 e. The quantitative estimate of drug-likeness (QED) is 0.0553. The predicted octanol–water partition coefficient (Wildman–Crippen LogP) is 7.20. The summed E-state index contributed by atoms with van der Waals surface area (Å²) < 4.78 is 15.2. The molecular formula is C44H52N6O6. The van der Waals surface area contributed by atoms with E-state index in [1.165, 1.54) is 0 Å². The van der Waals surface area contributed by atoms with Crippen molar-refractivity contribution in [3.05, 3.63) is 124 Å². The van der Waals surface area contributed by atoms with Crippen LogP contribution in [0.1, 0.15) is 92.9 Å². The van der Waals surface area contributed by atoms with Crippen LogP contribution in [0.3, 0.4) is 0 Å². The Hall–Kier alpha value is -5.27. The van der Waals surface area contributed by atoms with Gasteiger partial charge in [-0.05, 0) is 73.2 Å². The van der Waals surface area contributed by atoms with Crippen LogP contribution in [0, 0.1) is 0 Å². The number of anilines is 3. The fraction of sp³-hybridized carbons (Fsp3) is 0.386. The third-order valence-electron chi connectivity index (χ3n) is 10.9. The number of rotatable bonds is 15. The van der Waals surface area contributed by atoms with Crippen molar-refractivity contribution in [1.82, 2.24) is 14.5 Å². The number of ether oxygens (including phenoxy) is 2. The van der Waals surface area contributed by atoms with Crippen molar-refractivity contribution >= 4 is 39.9 Å². The second kappa shape index (κ2) is 18.6. The summed E-state index contributed by atoms with van der Waals surface area (Å²) in [6.07, 6.45) is 5.35. The largest absolute Gasteiger partial charge is 0.397 e. The van der Waals surface area contributed by atoms with Gasteiger partial charge in [-0.3, -0.25) is 14.2 Å². The molecule has 3 heterocycles. The zero-order valence-electron chi connectivity index (χ0n) is 31.7. The molecule has 0 spiro atoms. The molecular weight excluding hydrogens is 709 g/mol. The Bertz CT molecular complexity index is 2140. The first-order valence-electron chi connectivity index (χ1n) is 19.8. The Morgan fingerprint density at radius 3 is 2.27 bits per heavy atom. The van der Waals surface area contributed by atoms with Gasteiger partial charge in [0.25, 0.3) is 0 Å². The Morgan fingerprint density at radius 2 is 1.52 bits per heavy atom. The molecule has 2 amide bonds. The molecule has 2 aliphatic heterocycles. The second-order valence-corrected chi connectivity index (χ2v) is 14.9. The fourth-order valence-electron chi connectivity index (χ4n) is 7.85. The Balaban J connectivity index is 0.923. The first kappa shape index (κ1) is 39.0. The summed E-state index contributed by atoms with van der Waals surface area (Å²) in [5.41, 5.74) is 12.2. The minimum atomic E-state index is -0.647. The van der Waals surface area contributed by atoms with E-state index in [0.717, 1.165) is 85.9 Å². The first-order chi connectivity index (χ1) is 27.3. The third kappa shape index (κ3) is 9.93. The number of unbranched alkanes of at least 4 members (excludes halogenated alkanes) is 3. The number of piperidine rings is 1. The van der Waals surface area contributed by atoms with E-state index in [0.29, 0.717) is 36.3 Å². The van der Waals surface area contributed by atoms with E-state index in [9.17, 15) is 19.5 Å². The van der Waals surface area contributed by atoms with Crippen LogP contribution < -0.4 is 22.1 Å². The highest BCUT2D eigenvalue weighted by Gasteiger charge is 2.34. The van der Waals surface area contributed by atoms with Crippen LogP contribution in [0.25, 0.3) is 11.0 Å². The average molecular weight is 761 g/mol. The molecule has 0 saturated carbocycles. The number of likely N-dealkylation sites (tertiary alicyclic amines) is 1. The lowest BCUT2D eigenvalue weighted by Gasteiger charge is -2.40. The van der Waals surface area contributed by atoms with Crippen molar-refractivity contribution in [2.24, 2.45) is 0 Å².